The molecule has 13 heteroatoms. The zero-order chi connectivity index (χ0) is 27.7. The van der Waals surface area contributed by atoms with E-state index in [0.29, 0.717) is 33.7 Å². The highest BCUT2D eigenvalue weighted by Crippen LogP contribution is 2.38. The third-order valence-corrected chi connectivity index (χ3v) is 6.57. The maximum Gasteiger partial charge on any atom is 0.294 e. The molecule has 1 N–H and O–H groups in total. The van der Waals surface area contributed by atoms with E-state index in [1.54, 1.807) is 30.3 Å². The SMILES string of the molecule is O=C(CN1C(=O)S/C(=C/c2c(Oc3nc(Cl)ncc3F)ccc3ccccc23)C1=O)Nc1ccc(F)cc1F. The van der Waals surface area contributed by atoms with Crippen molar-refractivity contribution < 1.29 is 32.3 Å². The van der Waals surface area contributed by atoms with Gasteiger partial charge in [0.2, 0.25) is 17.0 Å². The van der Waals surface area contributed by atoms with Crippen molar-refractivity contribution in [1.82, 2.24) is 14.9 Å². The van der Waals surface area contributed by atoms with E-state index in [-0.39, 0.29) is 21.6 Å². The summed E-state index contributed by atoms with van der Waals surface area (Å²) in [6, 6.07) is 12.9. The highest BCUT2D eigenvalue weighted by atomic mass is 35.5. The molecule has 3 aromatic carbocycles. The zero-order valence-electron chi connectivity index (χ0n) is 19.5. The zero-order valence-corrected chi connectivity index (χ0v) is 21.0. The lowest BCUT2D eigenvalue weighted by atomic mass is 10.0. The molecule has 0 radical (unpaired) electrons. The van der Waals surface area contributed by atoms with Crippen LogP contribution in [-0.2, 0) is 9.59 Å². The monoisotopic (exact) mass is 570 g/mol. The fourth-order valence-electron chi connectivity index (χ4n) is 3.71. The van der Waals surface area contributed by atoms with Crippen LogP contribution < -0.4 is 10.1 Å². The lowest BCUT2D eigenvalue weighted by Gasteiger charge is -2.13. The molecule has 0 atom stereocenters. The molecule has 1 aliphatic heterocycles. The van der Waals surface area contributed by atoms with Gasteiger partial charge in [0.05, 0.1) is 16.8 Å². The predicted molar refractivity (Wildman–Crippen MR) is 139 cm³/mol. The number of fused-ring (bicyclic) bond motifs is 1. The molecule has 0 bridgehead atoms. The highest BCUT2D eigenvalue weighted by molar-refractivity contribution is 8.18. The lowest BCUT2D eigenvalue weighted by Crippen LogP contribution is -2.36. The van der Waals surface area contributed by atoms with Crippen molar-refractivity contribution in [2.75, 3.05) is 11.9 Å². The molecule has 0 saturated carbocycles. The first kappa shape index (κ1) is 26.2. The van der Waals surface area contributed by atoms with Crippen LogP contribution in [0.15, 0.2) is 65.7 Å². The lowest BCUT2D eigenvalue weighted by molar-refractivity contribution is -0.127. The summed E-state index contributed by atoms with van der Waals surface area (Å²) in [5.74, 6) is -4.70. The first-order valence-electron chi connectivity index (χ1n) is 11.1. The standard InChI is InChI=1S/C26H14ClF3N4O4S/c27-25-31-11-18(30)23(33-25)38-20-8-5-13-3-1-2-4-15(13)16(20)10-21-24(36)34(26(37)39-21)12-22(35)32-19-7-6-14(28)9-17(19)29/h1-11H,12H2,(H,32,35)/b21-10+. The Bertz CT molecular complexity index is 1700. The van der Waals surface area contributed by atoms with Crippen molar-refractivity contribution in [3.05, 3.63) is 94.0 Å². The largest absolute Gasteiger partial charge is 0.436 e. The number of nitrogens with zero attached hydrogens (tertiary/aromatic N) is 3. The summed E-state index contributed by atoms with van der Waals surface area (Å²) in [7, 11) is 0. The molecule has 1 saturated heterocycles. The van der Waals surface area contributed by atoms with Gasteiger partial charge in [0.15, 0.2) is 0 Å². The number of aromatic nitrogens is 2. The van der Waals surface area contributed by atoms with Crippen molar-refractivity contribution in [3.8, 4) is 11.6 Å². The molecule has 0 unspecified atom stereocenters. The van der Waals surface area contributed by atoms with Crippen molar-refractivity contribution in [3.63, 3.8) is 0 Å². The number of imide groups is 1. The summed E-state index contributed by atoms with van der Waals surface area (Å²) in [5, 5.41) is 2.60. The van der Waals surface area contributed by atoms with Gasteiger partial charge in [-0.15, -0.1) is 0 Å². The molecular formula is C26H14ClF3N4O4S. The van der Waals surface area contributed by atoms with Gasteiger partial charge >= 0.3 is 0 Å². The molecule has 1 aliphatic rings. The second kappa shape index (κ2) is 10.8. The van der Waals surface area contributed by atoms with E-state index >= 15 is 0 Å². The van der Waals surface area contributed by atoms with Crippen LogP contribution in [0.3, 0.4) is 0 Å². The second-order valence-corrected chi connectivity index (χ2v) is 9.36. The van der Waals surface area contributed by atoms with Crippen molar-refractivity contribution in [2.45, 2.75) is 0 Å². The molecule has 1 aromatic heterocycles. The fraction of sp³-hybridized carbons (Fsp3) is 0.0385. The van der Waals surface area contributed by atoms with Gasteiger partial charge in [-0.2, -0.15) is 9.37 Å². The Hall–Kier alpha value is -4.42. The maximum atomic E-state index is 14.3. The number of hydrogen-bond acceptors (Lipinski definition) is 7. The van der Waals surface area contributed by atoms with Crippen LogP contribution in [0.5, 0.6) is 11.6 Å². The first-order valence-corrected chi connectivity index (χ1v) is 12.3. The molecule has 196 valence electrons. The van der Waals surface area contributed by atoms with Crippen LogP contribution in [0.1, 0.15) is 5.56 Å². The third-order valence-electron chi connectivity index (χ3n) is 5.48. The van der Waals surface area contributed by atoms with E-state index in [4.69, 9.17) is 16.3 Å². The number of carbonyl (C=O) groups is 3. The number of hydrogen-bond donors (Lipinski definition) is 1. The number of thioether (sulfide) groups is 1. The summed E-state index contributed by atoms with van der Waals surface area (Å²) in [6.07, 6.45) is 2.24. The van der Waals surface area contributed by atoms with Gasteiger partial charge in [-0.1, -0.05) is 30.3 Å². The average Bonchev–Trinajstić information content (AvgIpc) is 3.16. The minimum atomic E-state index is -1.01. The van der Waals surface area contributed by atoms with Gasteiger partial charge < -0.3 is 10.1 Å². The molecule has 0 spiro atoms. The van der Waals surface area contributed by atoms with Crippen LogP contribution in [-0.4, -0.2) is 38.5 Å². The quantitative estimate of drug-likeness (QED) is 0.218. The van der Waals surface area contributed by atoms with E-state index in [1.165, 1.54) is 6.08 Å². The Labute approximate surface area is 227 Å². The van der Waals surface area contributed by atoms with E-state index < -0.39 is 46.9 Å². The van der Waals surface area contributed by atoms with Crippen LogP contribution in [0.4, 0.5) is 23.7 Å². The first-order chi connectivity index (χ1) is 18.7. The Morgan fingerprint density at radius 2 is 1.87 bits per heavy atom. The number of ether oxygens (including phenoxy) is 1. The van der Waals surface area contributed by atoms with Crippen LogP contribution in [0.25, 0.3) is 16.8 Å². The van der Waals surface area contributed by atoms with Crippen LogP contribution in [0, 0.1) is 17.5 Å². The number of halogens is 4. The topological polar surface area (TPSA) is 101 Å². The Kier molecular flexibility index (Phi) is 7.22. The van der Waals surface area contributed by atoms with Gasteiger partial charge in [-0.05, 0) is 58.4 Å². The van der Waals surface area contributed by atoms with E-state index in [9.17, 15) is 27.6 Å². The second-order valence-electron chi connectivity index (χ2n) is 8.03. The maximum absolute atomic E-state index is 14.3. The molecule has 2 heterocycles. The van der Waals surface area contributed by atoms with E-state index in [1.807, 2.05) is 6.07 Å². The van der Waals surface area contributed by atoms with Gasteiger partial charge in [-0.25, -0.2) is 13.8 Å². The molecular weight excluding hydrogens is 557 g/mol. The minimum absolute atomic E-state index is 0.0387. The summed E-state index contributed by atoms with van der Waals surface area (Å²) < 4.78 is 47.0. The number of anilines is 1. The van der Waals surface area contributed by atoms with Crippen LogP contribution in [0.2, 0.25) is 5.28 Å². The molecule has 0 aliphatic carbocycles. The summed E-state index contributed by atoms with van der Waals surface area (Å²) in [4.78, 5) is 46.1. The van der Waals surface area contributed by atoms with E-state index in [0.717, 1.165) is 23.7 Å². The van der Waals surface area contributed by atoms with Crippen molar-refractivity contribution in [2.24, 2.45) is 0 Å². The normalized spacial score (nSPS) is 14.4. The number of benzene rings is 3. The minimum Gasteiger partial charge on any atom is -0.436 e. The number of carbonyl (C=O) groups excluding carboxylic acids is 3. The predicted octanol–water partition coefficient (Wildman–Crippen LogP) is 6.17. The molecule has 3 amide bonds. The summed E-state index contributed by atoms with van der Waals surface area (Å²) in [6.45, 7) is -0.706. The molecule has 1 fully saturated rings. The number of nitrogens with one attached hydrogen (secondary N) is 1. The molecule has 4 aromatic rings. The van der Waals surface area contributed by atoms with Gasteiger partial charge in [0, 0.05) is 11.6 Å². The Morgan fingerprint density at radius 3 is 2.67 bits per heavy atom. The smallest absolute Gasteiger partial charge is 0.294 e. The fourth-order valence-corrected chi connectivity index (χ4v) is 4.66. The number of amides is 3. The third kappa shape index (κ3) is 5.56. The van der Waals surface area contributed by atoms with Crippen molar-refractivity contribution >= 4 is 63.0 Å². The van der Waals surface area contributed by atoms with Gasteiger partial charge in [-0.3, -0.25) is 19.3 Å². The highest BCUT2D eigenvalue weighted by Gasteiger charge is 2.36. The summed E-state index contributed by atoms with van der Waals surface area (Å²) >= 11 is 6.35. The molecule has 39 heavy (non-hydrogen) atoms. The molecule has 5 rings (SSSR count). The van der Waals surface area contributed by atoms with E-state index in [2.05, 4.69) is 15.3 Å². The van der Waals surface area contributed by atoms with Gasteiger partial charge in [0.1, 0.15) is 23.9 Å². The summed E-state index contributed by atoms with van der Waals surface area (Å²) in [5.41, 5.74) is 0.0316. The number of rotatable bonds is 6. The Balaban J connectivity index is 1.45. The van der Waals surface area contributed by atoms with Crippen molar-refractivity contribution in [1.29, 1.82) is 0 Å². The van der Waals surface area contributed by atoms with Gasteiger partial charge in [0.25, 0.3) is 17.0 Å². The Morgan fingerprint density at radius 1 is 1.08 bits per heavy atom. The average molecular weight is 571 g/mol. The van der Waals surface area contributed by atoms with Crippen LogP contribution >= 0.6 is 23.4 Å². The molecule has 8 nitrogen and oxygen atoms in total.